The number of cyclic esters (lactones) is 2. The van der Waals surface area contributed by atoms with Gasteiger partial charge in [0.2, 0.25) is 0 Å². The number of ether oxygens (including phenoxy) is 1. The number of hydrogen-bond donors (Lipinski definition) is 4. The average molecular weight is 585 g/mol. The van der Waals surface area contributed by atoms with Gasteiger partial charge in [-0.15, -0.1) is 0 Å². The summed E-state index contributed by atoms with van der Waals surface area (Å²) in [6, 6.07) is 5.85. The Hall–Kier alpha value is -4.31. The predicted octanol–water partition coefficient (Wildman–Crippen LogP) is 6.34. The quantitative estimate of drug-likeness (QED) is 0.200. The molecule has 0 fully saturated rings. The van der Waals surface area contributed by atoms with Gasteiger partial charge in [0.05, 0.1) is 22.9 Å². The number of carbonyl (C=O) groups is 3. The summed E-state index contributed by atoms with van der Waals surface area (Å²) in [7, 11) is 0. The fraction of sp³-hybridized carbons (Fsp3) is 0.424. The van der Waals surface area contributed by atoms with Gasteiger partial charge in [-0.25, -0.2) is 9.59 Å². The van der Waals surface area contributed by atoms with Crippen molar-refractivity contribution < 1.29 is 29.3 Å². The van der Waals surface area contributed by atoms with Crippen LogP contribution in [0.15, 0.2) is 18.2 Å². The lowest BCUT2D eigenvalue weighted by Gasteiger charge is -2.18. The van der Waals surface area contributed by atoms with Crippen LogP contribution in [0.5, 0.6) is 0 Å². The number of nitrogens with zero attached hydrogens (tertiary/aromatic N) is 2. The zero-order valence-electron chi connectivity index (χ0n) is 25.2. The molecule has 0 spiro atoms. The number of carboxylic acids is 1. The summed E-state index contributed by atoms with van der Waals surface area (Å²) in [4.78, 5) is 54.9. The number of aliphatic hydroxyl groups is 1. The second kappa shape index (κ2) is 10.4. The maximum atomic E-state index is 13.4. The number of carbonyl (C=O) groups excluding carboxylic acids is 2. The minimum Gasteiger partial charge on any atom is -0.481 e. The maximum Gasteiger partial charge on any atom is 0.350 e. The molecule has 0 saturated heterocycles. The van der Waals surface area contributed by atoms with Crippen molar-refractivity contribution in [1.82, 2.24) is 19.9 Å². The standard InChI is InChI=1S/C33H36N4O6/c1-7-18-13(2)20-12-25-27(17(6)38)15(4)22(35-25)10-21-14(3)19(8-9-26(39)40)30(36-21)29-31-28(32(41)43-33(29)42)16(5)23(37-31)11-24(18)34-20/h10-14,17-19,35,37-38H,7-9H2,1-6H3,(H,39,40)/t13-,14+,17?,18-,19+/m1/s1. The smallest absolute Gasteiger partial charge is 0.350 e. The van der Waals surface area contributed by atoms with Crippen molar-refractivity contribution >= 4 is 40.0 Å². The van der Waals surface area contributed by atoms with Gasteiger partial charge in [0.15, 0.2) is 0 Å². The number of esters is 2. The Bertz CT molecular complexity index is 1870. The van der Waals surface area contributed by atoms with Gasteiger partial charge in [0.1, 0.15) is 5.56 Å². The number of carboxylic acid groups (broad SMARTS) is 1. The van der Waals surface area contributed by atoms with Crippen LogP contribution in [0.2, 0.25) is 0 Å². The second-order valence-corrected chi connectivity index (χ2v) is 12.1. The summed E-state index contributed by atoms with van der Waals surface area (Å²) < 4.78 is 5.26. The first-order valence-electron chi connectivity index (χ1n) is 14.8. The van der Waals surface area contributed by atoms with Gasteiger partial charge < -0.3 is 24.9 Å². The van der Waals surface area contributed by atoms with E-state index >= 15 is 0 Å². The van der Waals surface area contributed by atoms with E-state index in [1.165, 1.54) is 0 Å². The minimum atomic E-state index is -0.947. The number of H-pyrrole nitrogens is 2. The molecule has 0 amide bonds. The fourth-order valence-corrected chi connectivity index (χ4v) is 7.11. The number of aliphatic carboxylic acids is 1. The summed E-state index contributed by atoms with van der Waals surface area (Å²) in [5.74, 6) is -2.90. The van der Waals surface area contributed by atoms with E-state index in [0.717, 1.165) is 40.0 Å². The zero-order valence-corrected chi connectivity index (χ0v) is 25.2. The summed E-state index contributed by atoms with van der Waals surface area (Å²) in [5.41, 5.74) is 8.02. The molecule has 3 aliphatic rings. The van der Waals surface area contributed by atoms with E-state index in [2.05, 4.69) is 23.8 Å². The molecular weight excluding hydrogens is 548 g/mol. The molecule has 6 rings (SSSR count). The van der Waals surface area contributed by atoms with Gasteiger partial charge in [-0.1, -0.05) is 20.8 Å². The highest BCUT2D eigenvalue weighted by molar-refractivity contribution is 6.18. The van der Waals surface area contributed by atoms with Crippen LogP contribution in [0.4, 0.5) is 0 Å². The summed E-state index contributed by atoms with van der Waals surface area (Å²) >= 11 is 0. The average Bonchev–Trinajstić information content (AvgIpc) is 3.61. The SMILES string of the molecule is CC[C@H]1c2cc3[nH]c4c(c5nc(cc6[nH]c(cc(n2)[C@@H]1C)c(C(C)O)c6C)[C@@H](C)[C@@H]5CCC(=O)O)C(=O)OC(=O)c4c3C. The summed E-state index contributed by atoms with van der Waals surface area (Å²) in [6.07, 6.45) is 0.242. The highest BCUT2D eigenvalue weighted by Crippen LogP contribution is 2.44. The Labute approximate surface area is 248 Å². The molecule has 8 bridgehead atoms. The first-order valence-corrected chi connectivity index (χ1v) is 14.8. The van der Waals surface area contributed by atoms with Crippen LogP contribution >= 0.6 is 0 Å². The first kappa shape index (κ1) is 28.8. The normalized spacial score (nSPS) is 22.0. The summed E-state index contributed by atoms with van der Waals surface area (Å²) in [6.45, 7) is 11.7. The number of rotatable bonds is 5. The Morgan fingerprint density at radius 1 is 0.907 bits per heavy atom. The van der Waals surface area contributed by atoms with Crippen molar-refractivity contribution in [3.8, 4) is 0 Å². The van der Waals surface area contributed by atoms with Crippen molar-refractivity contribution in [3.63, 3.8) is 0 Å². The van der Waals surface area contributed by atoms with Crippen LogP contribution in [-0.4, -0.2) is 48.1 Å². The van der Waals surface area contributed by atoms with Crippen LogP contribution < -0.4 is 0 Å². The van der Waals surface area contributed by atoms with E-state index in [4.69, 9.17) is 14.7 Å². The number of aromatic amines is 2. The molecule has 4 N–H and O–H groups in total. The third-order valence-electron chi connectivity index (χ3n) is 9.54. The molecule has 10 heteroatoms. The van der Waals surface area contributed by atoms with Crippen molar-refractivity contribution in [2.24, 2.45) is 0 Å². The van der Waals surface area contributed by atoms with E-state index in [-0.39, 0.29) is 41.7 Å². The van der Waals surface area contributed by atoms with E-state index < -0.39 is 29.9 Å². The largest absolute Gasteiger partial charge is 0.481 e. The lowest BCUT2D eigenvalue weighted by Crippen LogP contribution is -2.21. The van der Waals surface area contributed by atoms with Crippen LogP contribution in [0.3, 0.4) is 0 Å². The van der Waals surface area contributed by atoms with E-state index in [1.54, 1.807) is 6.92 Å². The monoisotopic (exact) mass is 584 g/mol. The number of fused-ring (bicyclic) bond motifs is 8. The van der Waals surface area contributed by atoms with E-state index in [1.807, 2.05) is 39.0 Å². The molecule has 1 unspecified atom stereocenters. The Morgan fingerprint density at radius 3 is 2.19 bits per heavy atom. The van der Waals surface area contributed by atoms with Crippen LogP contribution in [-0.2, 0) is 9.53 Å². The van der Waals surface area contributed by atoms with Crippen molar-refractivity contribution in [1.29, 1.82) is 0 Å². The first-order chi connectivity index (χ1) is 20.4. The molecule has 5 atom stereocenters. The molecule has 6 heterocycles. The second-order valence-electron chi connectivity index (χ2n) is 12.1. The summed E-state index contributed by atoms with van der Waals surface area (Å²) in [5, 5.41) is 20.3. The van der Waals surface area contributed by atoms with Crippen molar-refractivity contribution in [2.75, 3.05) is 0 Å². The highest BCUT2D eigenvalue weighted by Gasteiger charge is 2.39. The maximum absolute atomic E-state index is 13.4. The van der Waals surface area contributed by atoms with Gasteiger partial charge in [-0.05, 0) is 62.9 Å². The molecule has 224 valence electrons. The molecule has 0 aromatic carbocycles. The number of aryl methyl sites for hydroxylation is 2. The molecule has 0 aliphatic carbocycles. The van der Waals surface area contributed by atoms with Gasteiger partial charge in [0.25, 0.3) is 0 Å². The lowest BCUT2D eigenvalue weighted by atomic mass is 9.85. The number of aromatic nitrogens is 4. The van der Waals surface area contributed by atoms with Gasteiger partial charge in [-0.3, -0.25) is 14.8 Å². The van der Waals surface area contributed by atoms with Crippen LogP contribution in [0.25, 0.3) is 22.1 Å². The number of hydrogen-bond acceptors (Lipinski definition) is 7. The third kappa shape index (κ3) is 4.55. The molecule has 3 aromatic rings. The predicted molar refractivity (Wildman–Crippen MR) is 160 cm³/mol. The van der Waals surface area contributed by atoms with Crippen LogP contribution in [0.1, 0.15) is 137 Å². The van der Waals surface area contributed by atoms with E-state index in [0.29, 0.717) is 28.0 Å². The number of aliphatic hydroxyl groups excluding tert-OH is 1. The molecule has 3 aliphatic heterocycles. The minimum absolute atomic E-state index is 0.106. The lowest BCUT2D eigenvalue weighted by molar-refractivity contribution is -0.137. The fourth-order valence-electron chi connectivity index (χ4n) is 7.11. The van der Waals surface area contributed by atoms with Crippen molar-refractivity contribution in [3.05, 3.63) is 68.8 Å². The molecule has 43 heavy (non-hydrogen) atoms. The van der Waals surface area contributed by atoms with Gasteiger partial charge in [0, 0.05) is 69.3 Å². The molecular formula is C33H36N4O6. The number of nitrogens with one attached hydrogen (secondary N) is 2. The van der Waals surface area contributed by atoms with Crippen LogP contribution in [0, 0.1) is 13.8 Å². The molecule has 3 aromatic heterocycles. The Balaban J connectivity index is 1.80. The van der Waals surface area contributed by atoms with Gasteiger partial charge >= 0.3 is 17.9 Å². The molecule has 0 saturated carbocycles. The van der Waals surface area contributed by atoms with Crippen molar-refractivity contribution in [2.45, 2.75) is 90.6 Å². The third-order valence-corrected chi connectivity index (χ3v) is 9.54. The topological polar surface area (TPSA) is 158 Å². The Morgan fingerprint density at radius 2 is 1.51 bits per heavy atom. The highest BCUT2D eigenvalue weighted by atomic mass is 16.6. The Kier molecular flexibility index (Phi) is 7.00. The zero-order chi connectivity index (χ0) is 30.9. The van der Waals surface area contributed by atoms with Gasteiger partial charge in [-0.2, -0.15) is 0 Å². The molecule has 0 radical (unpaired) electrons. The van der Waals surface area contributed by atoms with E-state index in [9.17, 15) is 24.6 Å². The molecule has 10 nitrogen and oxygen atoms in total.